The smallest absolute Gasteiger partial charge is 0.0520 e. The zero-order valence-electron chi connectivity index (χ0n) is 5.61. The monoisotopic (exact) mass is 113 g/mol. The van der Waals surface area contributed by atoms with E-state index in [0.29, 0.717) is 11.3 Å². The molecule has 1 atom stereocenters. The summed E-state index contributed by atoms with van der Waals surface area (Å²) in [6.45, 7) is 10.1. The quantitative estimate of drug-likeness (QED) is 0.462. The first-order valence-electron chi connectivity index (χ1n) is 3.04. The van der Waals surface area contributed by atoms with Crippen LogP contribution in [0.3, 0.4) is 0 Å². The predicted molar refractivity (Wildman–Crippen MR) is 33.4 cm³/mol. The molecule has 0 aromatic heterocycles. The normalized spacial score (nSPS) is 35.6. The van der Waals surface area contributed by atoms with Gasteiger partial charge in [0, 0.05) is 0 Å². The molecule has 0 aliphatic carbocycles. The maximum Gasteiger partial charge on any atom is 0.0520 e. The van der Waals surface area contributed by atoms with Crippen LogP contribution in [0.1, 0.15) is 13.8 Å². The molecule has 0 aromatic rings. The molecule has 1 saturated heterocycles. The van der Waals surface area contributed by atoms with Crippen LogP contribution in [0.4, 0.5) is 0 Å². The summed E-state index contributed by atoms with van der Waals surface area (Å²) in [6, 6.07) is 0. The van der Waals surface area contributed by atoms with E-state index in [9.17, 15) is 0 Å². The van der Waals surface area contributed by atoms with Crippen LogP contribution < -0.4 is 0 Å². The second-order valence-corrected chi connectivity index (χ2v) is 3.20. The Morgan fingerprint density at radius 3 is 2.38 bits per heavy atom. The molecule has 47 valence electrons. The van der Waals surface area contributed by atoms with Gasteiger partial charge in [0.15, 0.2) is 0 Å². The van der Waals surface area contributed by atoms with Gasteiger partial charge in [0.2, 0.25) is 0 Å². The number of ether oxygens (including phenoxy) is 1. The molecule has 1 heteroatoms. The molecular weight excluding hydrogens is 100 g/mol. The summed E-state index contributed by atoms with van der Waals surface area (Å²) in [6.07, 6.45) is 0. The Labute approximate surface area is 51.0 Å². The van der Waals surface area contributed by atoms with Crippen molar-refractivity contribution in [1.29, 1.82) is 0 Å². The second-order valence-electron chi connectivity index (χ2n) is 3.20. The molecule has 1 rings (SSSR count). The van der Waals surface area contributed by atoms with Gasteiger partial charge < -0.3 is 4.74 Å². The highest BCUT2D eigenvalue weighted by molar-refractivity contribution is 4.83. The summed E-state index contributed by atoms with van der Waals surface area (Å²) >= 11 is 0. The topological polar surface area (TPSA) is 9.23 Å². The van der Waals surface area contributed by atoms with Gasteiger partial charge in [-0.05, 0) is 18.3 Å². The van der Waals surface area contributed by atoms with Gasteiger partial charge in [0.25, 0.3) is 0 Å². The van der Waals surface area contributed by atoms with Crippen molar-refractivity contribution in [2.45, 2.75) is 13.8 Å². The van der Waals surface area contributed by atoms with Crippen molar-refractivity contribution in [3.05, 3.63) is 6.92 Å². The minimum atomic E-state index is 0.319. The molecule has 1 heterocycles. The first-order chi connectivity index (χ1) is 3.63. The lowest BCUT2D eigenvalue weighted by molar-refractivity contribution is 0.166. The highest BCUT2D eigenvalue weighted by atomic mass is 16.5. The van der Waals surface area contributed by atoms with Crippen LogP contribution in [-0.2, 0) is 4.74 Å². The van der Waals surface area contributed by atoms with Gasteiger partial charge in [0.1, 0.15) is 0 Å². The SMILES string of the molecule is [CH2]C1COCC1(C)C. The van der Waals surface area contributed by atoms with Crippen molar-refractivity contribution in [1.82, 2.24) is 0 Å². The molecule has 1 fully saturated rings. The summed E-state index contributed by atoms with van der Waals surface area (Å²) in [7, 11) is 0. The van der Waals surface area contributed by atoms with E-state index in [4.69, 9.17) is 4.74 Å². The molecular formula is C7H13O. The third kappa shape index (κ3) is 0.873. The van der Waals surface area contributed by atoms with E-state index in [1.165, 1.54) is 0 Å². The molecule has 8 heavy (non-hydrogen) atoms. The average Bonchev–Trinajstić information content (AvgIpc) is 1.86. The molecule has 1 nitrogen and oxygen atoms in total. The molecule has 1 unspecified atom stereocenters. The van der Waals surface area contributed by atoms with Gasteiger partial charge in [0.05, 0.1) is 13.2 Å². The Morgan fingerprint density at radius 1 is 1.62 bits per heavy atom. The van der Waals surface area contributed by atoms with Crippen LogP contribution in [0.15, 0.2) is 0 Å². The molecule has 0 N–H and O–H groups in total. The highest BCUT2D eigenvalue weighted by Gasteiger charge is 2.31. The van der Waals surface area contributed by atoms with Crippen LogP contribution in [0.2, 0.25) is 0 Å². The molecule has 0 bridgehead atoms. The summed E-state index contributed by atoms with van der Waals surface area (Å²) in [5.41, 5.74) is 0.319. The molecule has 0 spiro atoms. The van der Waals surface area contributed by atoms with Gasteiger partial charge in [-0.1, -0.05) is 13.8 Å². The zero-order chi connectivity index (χ0) is 6.20. The predicted octanol–water partition coefficient (Wildman–Crippen LogP) is 1.49. The van der Waals surface area contributed by atoms with E-state index in [2.05, 4.69) is 20.8 Å². The van der Waals surface area contributed by atoms with Crippen molar-refractivity contribution >= 4 is 0 Å². The van der Waals surface area contributed by atoms with Gasteiger partial charge in [-0.2, -0.15) is 0 Å². The minimum Gasteiger partial charge on any atom is -0.381 e. The van der Waals surface area contributed by atoms with Crippen LogP contribution in [0.5, 0.6) is 0 Å². The summed E-state index contributed by atoms with van der Waals surface area (Å²) in [5, 5.41) is 0. The summed E-state index contributed by atoms with van der Waals surface area (Å²) in [4.78, 5) is 0. The van der Waals surface area contributed by atoms with Crippen LogP contribution in [-0.4, -0.2) is 13.2 Å². The van der Waals surface area contributed by atoms with Crippen molar-refractivity contribution in [2.24, 2.45) is 11.3 Å². The van der Waals surface area contributed by atoms with E-state index >= 15 is 0 Å². The number of rotatable bonds is 0. The number of hydrogen-bond acceptors (Lipinski definition) is 1. The molecule has 0 amide bonds. The Balaban J connectivity index is 2.54. The average molecular weight is 113 g/mol. The molecule has 0 aromatic carbocycles. The third-order valence-corrected chi connectivity index (χ3v) is 1.90. The fraction of sp³-hybridized carbons (Fsp3) is 0.857. The molecule has 1 radical (unpaired) electrons. The van der Waals surface area contributed by atoms with Crippen LogP contribution in [0, 0.1) is 18.3 Å². The maximum atomic E-state index is 5.21. The van der Waals surface area contributed by atoms with E-state index in [-0.39, 0.29) is 0 Å². The fourth-order valence-corrected chi connectivity index (χ4v) is 0.808. The first kappa shape index (κ1) is 6.09. The Hall–Kier alpha value is -0.0400. The van der Waals surface area contributed by atoms with Crippen LogP contribution >= 0.6 is 0 Å². The maximum absolute atomic E-state index is 5.21. The van der Waals surface area contributed by atoms with E-state index in [1.54, 1.807) is 0 Å². The van der Waals surface area contributed by atoms with Crippen molar-refractivity contribution in [3.8, 4) is 0 Å². The second kappa shape index (κ2) is 1.73. The van der Waals surface area contributed by atoms with E-state index < -0.39 is 0 Å². The number of hydrogen-bond donors (Lipinski definition) is 0. The van der Waals surface area contributed by atoms with Gasteiger partial charge in [-0.25, -0.2) is 0 Å². The summed E-state index contributed by atoms with van der Waals surface area (Å²) < 4.78 is 5.21. The van der Waals surface area contributed by atoms with Crippen molar-refractivity contribution in [3.63, 3.8) is 0 Å². The molecule has 1 aliphatic heterocycles. The van der Waals surface area contributed by atoms with Gasteiger partial charge in [-0.3, -0.25) is 0 Å². The van der Waals surface area contributed by atoms with Gasteiger partial charge >= 0.3 is 0 Å². The first-order valence-corrected chi connectivity index (χ1v) is 3.04. The molecule has 1 aliphatic rings. The lowest BCUT2D eigenvalue weighted by atomic mass is 9.84. The standard InChI is InChI=1S/C7H13O/c1-6-4-8-5-7(6,2)3/h6H,1,4-5H2,2-3H3. The summed E-state index contributed by atoms with van der Waals surface area (Å²) in [5.74, 6) is 0.488. The Bertz CT molecular complexity index is 86.4. The zero-order valence-corrected chi connectivity index (χ0v) is 5.61. The Kier molecular flexibility index (Phi) is 1.31. The van der Waals surface area contributed by atoms with Gasteiger partial charge in [-0.15, -0.1) is 0 Å². The van der Waals surface area contributed by atoms with Crippen LogP contribution in [0.25, 0.3) is 0 Å². The molecule has 0 saturated carbocycles. The fourth-order valence-electron chi connectivity index (χ4n) is 0.808. The highest BCUT2D eigenvalue weighted by Crippen LogP contribution is 2.31. The third-order valence-electron chi connectivity index (χ3n) is 1.90. The van der Waals surface area contributed by atoms with E-state index in [0.717, 1.165) is 13.2 Å². The lowest BCUT2D eigenvalue weighted by Crippen LogP contribution is -2.18. The minimum absolute atomic E-state index is 0.319. The van der Waals surface area contributed by atoms with Crippen molar-refractivity contribution in [2.75, 3.05) is 13.2 Å². The van der Waals surface area contributed by atoms with Crippen molar-refractivity contribution < 1.29 is 4.74 Å². The Morgan fingerprint density at radius 2 is 2.25 bits per heavy atom. The largest absolute Gasteiger partial charge is 0.381 e. The lowest BCUT2D eigenvalue weighted by Gasteiger charge is -2.19. The van der Waals surface area contributed by atoms with E-state index in [1.807, 2.05) is 0 Å².